The van der Waals surface area contributed by atoms with Crippen molar-refractivity contribution in [2.24, 2.45) is 0 Å². The van der Waals surface area contributed by atoms with E-state index in [0.717, 1.165) is 0 Å². The van der Waals surface area contributed by atoms with Gasteiger partial charge in [-0.05, 0) is 17.4 Å². The molecule has 0 aliphatic heterocycles. The fraction of sp³-hybridized carbons (Fsp3) is 0.833. The standard InChI is InChI=1S/C6H11ClN4OS/c1-5(7)6-8-9-10-11(6)3-4-13(2)12/h5H,3-4H2,1-2H3. The van der Waals surface area contributed by atoms with Crippen molar-refractivity contribution < 1.29 is 4.21 Å². The Morgan fingerprint density at radius 1 is 1.69 bits per heavy atom. The van der Waals surface area contributed by atoms with Gasteiger partial charge in [0.05, 0.1) is 11.9 Å². The molecule has 1 aromatic heterocycles. The molecule has 0 aliphatic rings. The lowest BCUT2D eigenvalue weighted by Crippen LogP contribution is -2.11. The van der Waals surface area contributed by atoms with E-state index in [1.807, 2.05) is 0 Å². The first kappa shape index (κ1) is 10.6. The topological polar surface area (TPSA) is 60.7 Å². The number of hydrogen-bond acceptors (Lipinski definition) is 4. The molecule has 74 valence electrons. The molecule has 0 aromatic carbocycles. The largest absolute Gasteiger partial charge is 0.260 e. The van der Waals surface area contributed by atoms with Gasteiger partial charge in [-0.3, -0.25) is 4.21 Å². The summed E-state index contributed by atoms with van der Waals surface area (Å²) in [5.74, 6) is 1.16. The third kappa shape index (κ3) is 3.04. The molecule has 0 aliphatic carbocycles. The molecule has 5 nitrogen and oxygen atoms in total. The van der Waals surface area contributed by atoms with E-state index in [2.05, 4.69) is 15.5 Å². The quantitative estimate of drug-likeness (QED) is 0.690. The number of aromatic nitrogens is 4. The second kappa shape index (κ2) is 4.66. The van der Waals surface area contributed by atoms with Gasteiger partial charge in [0.1, 0.15) is 0 Å². The zero-order valence-corrected chi connectivity index (χ0v) is 9.05. The van der Waals surface area contributed by atoms with Gasteiger partial charge in [0, 0.05) is 22.8 Å². The minimum Gasteiger partial charge on any atom is -0.260 e. The third-order valence-electron chi connectivity index (χ3n) is 1.51. The maximum absolute atomic E-state index is 10.8. The number of aryl methyl sites for hydroxylation is 1. The summed E-state index contributed by atoms with van der Waals surface area (Å²) in [4.78, 5) is 0. The normalized spacial score (nSPS) is 15.6. The van der Waals surface area contributed by atoms with Crippen LogP contribution in [0.15, 0.2) is 0 Å². The second-order valence-electron chi connectivity index (χ2n) is 2.65. The second-order valence-corrected chi connectivity index (χ2v) is 4.86. The molecule has 2 atom stereocenters. The molecule has 2 unspecified atom stereocenters. The molecule has 7 heteroatoms. The molecule has 0 fully saturated rings. The highest BCUT2D eigenvalue weighted by Crippen LogP contribution is 2.14. The van der Waals surface area contributed by atoms with E-state index < -0.39 is 10.8 Å². The van der Waals surface area contributed by atoms with Crippen molar-refractivity contribution in [2.45, 2.75) is 18.8 Å². The summed E-state index contributed by atoms with van der Waals surface area (Å²) in [6, 6.07) is 0. The molecular weight excluding hydrogens is 212 g/mol. The van der Waals surface area contributed by atoms with Crippen molar-refractivity contribution in [1.82, 2.24) is 20.2 Å². The van der Waals surface area contributed by atoms with Crippen molar-refractivity contribution in [1.29, 1.82) is 0 Å². The smallest absolute Gasteiger partial charge is 0.168 e. The van der Waals surface area contributed by atoms with E-state index in [4.69, 9.17) is 11.6 Å². The van der Waals surface area contributed by atoms with Crippen molar-refractivity contribution >= 4 is 22.4 Å². The molecule has 0 spiro atoms. The lowest BCUT2D eigenvalue weighted by atomic mass is 10.4. The van der Waals surface area contributed by atoms with Crippen molar-refractivity contribution in [3.8, 4) is 0 Å². The first-order valence-corrected chi connectivity index (χ1v) is 5.97. The van der Waals surface area contributed by atoms with Gasteiger partial charge in [0.2, 0.25) is 0 Å². The Kier molecular flexibility index (Phi) is 3.80. The molecule has 1 rings (SSSR count). The SMILES string of the molecule is CC(Cl)c1nnnn1CCS(C)=O. The predicted octanol–water partition coefficient (Wildman–Crippen LogP) is 0.351. The van der Waals surface area contributed by atoms with Crippen LogP contribution in [0.4, 0.5) is 0 Å². The first-order chi connectivity index (χ1) is 6.11. The molecule has 0 N–H and O–H groups in total. The van der Waals surface area contributed by atoms with Gasteiger partial charge in [-0.1, -0.05) is 0 Å². The lowest BCUT2D eigenvalue weighted by molar-refractivity contribution is 0.595. The van der Waals surface area contributed by atoms with Crippen molar-refractivity contribution in [3.63, 3.8) is 0 Å². The van der Waals surface area contributed by atoms with Gasteiger partial charge >= 0.3 is 0 Å². The molecule has 0 bridgehead atoms. The fourth-order valence-corrected chi connectivity index (χ4v) is 1.46. The van der Waals surface area contributed by atoms with Gasteiger partial charge in [-0.2, -0.15) is 0 Å². The molecule has 0 saturated carbocycles. The van der Waals surface area contributed by atoms with E-state index in [9.17, 15) is 4.21 Å². The van der Waals surface area contributed by atoms with Crippen molar-refractivity contribution in [3.05, 3.63) is 5.82 Å². The Morgan fingerprint density at radius 3 is 2.92 bits per heavy atom. The molecule has 13 heavy (non-hydrogen) atoms. The summed E-state index contributed by atoms with van der Waals surface area (Å²) in [5.41, 5.74) is 0. The summed E-state index contributed by atoms with van der Waals surface area (Å²) in [6.07, 6.45) is 1.65. The van der Waals surface area contributed by atoms with E-state index in [-0.39, 0.29) is 5.38 Å². The molecule has 0 saturated heterocycles. The highest BCUT2D eigenvalue weighted by molar-refractivity contribution is 7.84. The lowest BCUT2D eigenvalue weighted by Gasteiger charge is -2.03. The van der Waals surface area contributed by atoms with Crippen LogP contribution in [0, 0.1) is 0 Å². The van der Waals surface area contributed by atoms with E-state index in [1.165, 1.54) is 0 Å². The maximum atomic E-state index is 10.8. The highest BCUT2D eigenvalue weighted by Gasteiger charge is 2.11. The summed E-state index contributed by atoms with van der Waals surface area (Å²) in [5, 5.41) is 10.8. The van der Waals surface area contributed by atoms with Crippen LogP contribution in [0.1, 0.15) is 18.1 Å². The van der Waals surface area contributed by atoms with Gasteiger partial charge in [-0.25, -0.2) is 4.68 Å². The molecule has 0 radical (unpaired) electrons. The monoisotopic (exact) mass is 222 g/mol. The van der Waals surface area contributed by atoms with E-state index in [1.54, 1.807) is 17.9 Å². The molecular formula is C6H11ClN4OS. The highest BCUT2D eigenvalue weighted by atomic mass is 35.5. The number of nitrogens with zero attached hydrogens (tertiary/aromatic N) is 4. The fourth-order valence-electron chi connectivity index (χ4n) is 0.871. The van der Waals surface area contributed by atoms with Gasteiger partial charge in [0.25, 0.3) is 0 Å². The first-order valence-electron chi connectivity index (χ1n) is 3.81. The van der Waals surface area contributed by atoms with Gasteiger partial charge < -0.3 is 0 Å². The average molecular weight is 223 g/mol. The van der Waals surface area contributed by atoms with Gasteiger partial charge in [-0.15, -0.1) is 16.7 Å². The van der Waals surface area contributed by atoms with Crippen molar-refractivity contribution in [2.75, 3.05) is 12.0 Å². The summed E-state index contributed by atoms with van der Waals surface area (Å²) in [7, 11) is -0.831. The predicted molar refractivity (Wildman–Crippen MR) is 51.0 cm³/mol. The Bertz CT molecular complexity index is 301. The molecule has 1 aromatic rings. The van der Waals surface area contributed by atoms with Crippen LogP contribution in [0.25, 0.3) is 0 Å². The Morgan fingerprint density at radius 2 is 2.38 bits per heavy atom. The summed E-state index contributed by atoms with van der Waals surface area (Å²) in [6.45, 7) is 2.34. The Hall–Kier alpha value is -0.490. The van der Waals surface area contributed by atoms with Crippen LogP contribution in [0.5, 0.6) is 0 Å². The summed E-state index contributed by atoms with van der Waals surface area (Å²) >= 11 is 5.83. The average Bonchev–Trinajstić information content (AvgIpc) is 2.47. The van der Waals surface area contributed by atoms with Gasteiger partial charge in [0.15, 0.2) is 5.82 Å². The van der Waals surface area contributed by atoms with Crippen LogP contribution < -0.4 is 0 Å². The number of rotatable bonds is 4. The Balaban J connectivity index is 2.65. The third-order valence-corrected chi connectivity index (χ3v) is 2.46. The molecule has 0 amide bonds. The number of alkyl halides is 1. The van der Waals surface area contributed by atoms with Crippen LogP contribution in [0.3, 0.4) is 0 Å². The van der Waals surface area contributed by atoms with Crippen LogP contribution in [-0.4, -0.2) is 36.4 Å². The minimum atomic E-state index is -0.831. The zero-order valence-electron chi connectivity index (χ0n) is 7.47. The van der Waals surface area contributed by atoms with Crippen LogP contribution in [-0.2, 0) is 17.3 Å². The Labute approximate surface area is 83.9 Å². The number of tetrazole rings is 1. The maximum Gasteiger partial charge on any atom is 0.168 e. The van der Waals surface area contributed by atoms with E-state index in [0.29, 0.717) is 18.1 Å². The number of halogens is 1. The number of hydrogen-bond donors (Lipinski definition) is 0. The van der Waals surface area contributed by atoms with Crippen LogP contribution in [0.2, 0.25) is 0 Å². The molecule has 1 heterocycles. The van der Waals surface area contributed by atoms with E-state index >= 15 is 0 Å². The zero-order chi connectivity index (χ0) is 9.84. The summed E-state index contributed by atoms with van der Waals surface area (Å²) < 4.78 is 12.4. The minimum absolute atomic E-state index is 0.222. The van der Waals surface area contributed by atoms with Crippen LogP contribution >= 0.6 is 11.6 Å².